The number of nitrogens with two attached hydrogens (primary N) is 1. The lowest BCUT2D eigenvalue weighted by atomic mass is 10.0. The Hall–Kier alpha value is 0.320. The predicted octanol–water partition coefficient (Wildman–Crippen LogP) is 1.73. The largest absolute Gasteiger partial charge is 0.472 e. The molecule has 0 spiro atoms. The number of phosphoric acid groups is 2. The molecule has 0 bridgehead atoms. The predicted molar refractivity (Wildman–Crippen MR) is 157 cm³/mol. The molecule has 4 unspecified atom stereocenters. The van der Waals surface area contributed by atoms with Gasteiger partial charge in [-0.05, 0) is 19.4 Å². The summed E-state index contributed by atoms with van der Waals surface area (Å²) < 4.78 is 96.1. The molecule has 23 heteroatoms. The number of rotatable bonds is 32. The van der Waals surface area contributed by atoms with Crippen LogP contribution in [0.2, 0.25) is 0 Å². The van der Waals surface area contributed by atoms with Crippen molar-refractivity contribution in [3.63, 3.8) is 0 Å². The van der Waals surface area contributed by atoms with Crippen molar-refractivity contribution in [1.82, 2.24) is 0 Å². The van der Waals surface area contributed by atoms with Crippen molar-refractivity contribution < 1.29 is 83.9 Å². The van der Waals surface area contributed by atoms with E-state index in [4.69, 9.17) is 52.6 Å². The Kier molecular flexibility index (Phi) is 25.5. The van der Waals surface area contributed by atoms with Crippen molar-refractivity contribution >= 4 is 30.8 Å². The summed E-state index contributed by atoms with van der Waals surface area (Å²) in [4.78, 5) is 37.8. The first-order valence-electron chi connectivity index (χ1n) is 13.7. The van der Waals surface area contributed by atoms with Crippen molar-refractivity contribution in [1.29, 1.82) is 0 Å². The summed E-state index contributed by atoms with van der Waals surface area (Å²) in [5.74, 6) is -0.552. The third-order valence-electron chi connectivity index (χ3n) is 4.84. The van der Waals surface area contributed by atoms with Gasteiger partial charge in [-0.3, -0.25) is 27.2 Å². The highest BCUT2D eigenvalue weighted by molar-refractivity contribution is 7.52. The summed E-state index contributed by atoms with van der Waals surface area (Å²) in [6.07, 6.45) is 1.68. The first kappa shape index (κ1) is 44.3. The second-order valence-corrected chi connectivity index (χ2v) is 15.7. The van der Waals surface area contributed by atoms with E-state index < -0.39 is 36.8 Å². The normalized spacial score (nSPS) is 18.2. The quantitative estimate of drug-likeness (QED) is 0.0488. The average molecular weight is 728 g/mol. The Morgan fingerprint density at radius 1 is 0.500 bits per heavy atom. The minimum absolute atomic E-state index is 0.0396. The molecule has 0 rings (SSSR count). The molecule has 0 radical (unpaired) electrons. The van der Waals surface area contributed by atoms with E-state index in [0.717, 1.165) is 13.3 Å². The van der Waals surface area contributed by atoms with Crippen LogP contribution in [0.15, 0.2) is 0 Å². The molecular formula is C21H49NO18P4. The second kappa shape index (κ2) is 25.4. The number of phosphoric ester groups is 2. The summed E-state index contributed by atoms with van der Waals surface area (Å²) in [6.45, 7) is 2.00. The van der Waals surface area contributed by atoms with Crippen LogP contribution in [-0.2, 0) is 64.4 Å². The van der Waals surface area contributed by atoms with E-state index in [-0.39, 0.29) is 92.5 Å². The van der Waals surface area contributed by atoms with Gasteiger partial charge in [-0.25, -0.2) is 9.13 Å². The molecule has 0 aromatic carbocycles. The Labute approximate surface area is 258 Å². The molecule has 6 N–H and O–H groups in total. The van der Waals surface area contributed by atoms with E-state index >= 15 is 0 Å². The second-order valence-electron chi connectivity index (χ2n) is 9.07. The first-order chi connectivity index (χ1) is 20.6. The van der Waals surface area contributed by atoms with Gasteiger partial charge >= 0.3 is 30.8 Å². The van der Waals surface area contributed by atoms with Crippen LogP contribution >= 0.6 is 30.8 Å². The summed E-state index contributed by atoms with van der Waals surface area (Å²) in [7, 11) is -16.0. The fourth-order valence-corrected chi connectivity index (χ4v) is 5.25. The van der Waals surface area contributed by atoms with E-state index in [0.29, 0.717) is 25.8 Å². The van der Waals surface area contributed by atoms with E-state index in [2.05, 4.69) is 9.05 Å². The molecule has 0 aliphatic heterocycles. The molecule has 0 aliphatic carbocycles. The minimum Gasteiger partial charge on any atom is -0.377 e. The molecule has 0 amide bonds. The summed E-state index contributed by atoms with van der Waals surface area (Å²) >= 11 is 0. The van der Waals surface area contributed by atoms with Crippen LogP contribution in [0.1, 0.15) is 19.3 Å². The maximum Gasteiger partial charge on any atom is 0.472 e. The van der Waals surface area contributed by atoms with Gasteiger partial charge in [-0.15, -0.1) is 0 Å². The van der Waals surface area contributed by atoms with Gasteiger partial charge < -0.3 is 53.3 Å². The van der Waals surface area contributed by atoms with Crippen LogP contribution < -0.4 is 5.73 Å². The molecule has 0 saturated heterocycles. The maximum atomic E-state index is 12.2. The zero-order chi connectivity index (χ0) is 33.4. The minimum atomic E-state index is -4.46. The first-order valence-corrected chi connectivity index (χ1v) is 20.7. The lowest BCUT2D eigenvalue weighted by Crippen LogP contribution is -2.17. The van der Waals surface area contributed by atoms with Gasteiger partial charge in [-0.2, -0.15) is 0 Å². The Balaban J connectivity index is 4.19. The van der Waals surface area contributed by atoms with Gasteiger partial charge in [0.05, 0.1) is 92.5 Å². The zero-order valence-corrected chi connectivity index (χ0v) is 28.8. The molecule has 0 saturated carbocycles. The maximum absolute atomic E-state index is 12.2. The van der Waals surface area contributed by atoms with Gasteiger partial charge in [0.15, 0.2) is 0 Å². The average Bonchev–Trinajstić information content (AvgIpc) is 2.90. The van der Waals surface area contributed by atoms with E-state index in [1.165, 1.54) is 0 Å². The molecule has 0 aromatic rings. The summed E-state index contributed by atoms with van der Waals surface area (Å²) in [5.41, 5.74) is 5.51. The molecule has 0 fully saturated rings. The number of unbranched alkanes of at least 4 members (excludes halogenated alkanes) is 1. The van der Waals surface area contributed by atoms with Crippen molar-refractivity contribution in [3.05, 3.63) is 0 Å². The topological polar surface area (TPSA) is 268 Å². The molecular weight excluding hydrogens is 678 g/mol. The van der Waals surface area contributed by atoms with Crippen molar-refractivity contribution in [3.8, 4) is 0 Å². The van der Waals surface area contributed by atoms with Gasteiger partial charge in [0, 0.05) is 19.2 Å². The number of ether oxygens (including phenoxy) is 4. The number of hydrogen-bond donors (Lipinski definition) is 5. The fraction of sp³-hybridized carbons (Fsp3) is 1.00. The monoisotopic (exact) mass is 727 g/mol. The zero-order valence-electron chi connectivity index (χ0n) is 25.2. The van der Waals surface area contributed by atoms with Crippen LogP contribution in [0.25, 0.3) is 0 Å². The lowest BCUT2D eigenvalue weighted by molar-refractivity contribution is 0.0182. The van der Waals surface area contributed by atoms with Crippen molar-refractivity contribution in [2.45, 2.75) is 19.3 Å². The smallest absolute Gasteiger partial charge is 0.377 e. The lowest BCUT2D eigenvalue weighted by Gasteiger charge is -2.20. The molecule has 44 heavy (non-hydrogen) atoms. The molecule has 19 nitrogen and oxygen atoms in total. The highest BCUT2D eigenvalue weighted by atomic mass is 31.2. The highest BCUT2D eigenvalue weighted by Gasteiger charge is 2.27. The van der Waals surface area contributed by atoms with Crippen LogP contribution in [-0.4, -0.2) is 132 Å². The summed E-state index contributed by atoms with van der Waals surface area (Å²) in [5, 5.41) is 0. The number of hydrogen-bond acceptors (Lipinski definition) is 15. The van der Waals surface area contributed by atoms with Crippen LogP contribution in [0.5, 0.6) is 0 Å². The Bertz CT molecular complexity index is 836. The third-order valence-corrected chi connectivity index (χ3v) is 8.13. The molecule has 4 atom stereocenters. The molecule has 0 aromatic heterocycles. The van der Waals surface area contributed by atoms with Gasteiger partial charge in [0.1, 0.15) is 0 Å². The summed E-state index contributed by atoms with van der Waals surface area (Å²) in [6, 6.07) is 0. The molecule has 266 valence electrons. The third kappa shape index (κ3) is 32.3. The van der Waals surface area contributed by atoms with E-state index in [9.17, 15) is 28.0 Å². The Morgan fingerprint density at radius 3 is 1.14 bits per heavy atom. The van der Waals surface area contributed by atoms with E-state index in [1.807, 2.05) is 0 Å². The SMILES string of the molecule is CP(=O)(O)OCCOCCOCCOP(=O)(O)OCC(CCCCN)COP(=O)(O)OCCOCCOCCOP(C)(=O)O. The van der Waals surface area contributed by atoms with Crippen LogP contribution in [0, 0.1) is 5.92 Å². The highest BCUT2D eigenvalue weighted by Crippen LogP contribution is 2.46. The Morgan fingerprint density at radius 2 is 0.818 bits per heavy atom. The fourth-order valence-electron chi connectivity index (χ4n) is 2.86. The van der Waals surface area contributed by atoms with Crippen molar-refractivity contribution in [2.75, 3.05) is 112 Å². The van der Waals surface area contributed by atoms with Gasteiger partial charge in [0.2, 0.25) is 0 Å². The van der Waals surface area contributed by atoms with Crippen LogP contribution in [0.3, 0.4) is 0 Å². The van der Waals surface area contributed by atoms with E-state index in [1.54, 1.807) is 0 Å². The molecule has 0 heterocycles. The van der Waals surface area contributed by atoms with Crippen molar-refractivity contribution in [2.24, 2.45) is 11.7 Å². The standard InChI is InChI=1S/C21H49NO18P4/c1-41(23,24)35-15-11-31-7-9-33-13-17-37-43(27,28)39-19-21(5-3-4-6-22)20-40-44(29,30)38-18-14-34-10-8-32-12-16-36-42(2,25)26/h21H,3-20,22H2,1-2H3,(H,23,24)(H,25,26)(H,27,28)(H,29,30). The van der Waals surface area contributed by atoms with Gasteiger partial charge in [0.25, 0.3) is 0 Å². The van der Waals surface area contributed by atoms with Gasteiger partial charge in [-0.1, -0.05) is 6.42 Å². The van der Waals surface area contributed by atoms with Crippen LogP contribution in [0.4, 0.5) is 0 Å². The molecule has 0 aliphatic rings.